The molecule has 0 spiro atoms. The summed E-state index contributed by atoms with van der Waals surface area (Å²) in [4.78, 5) is 17.9. The van der Waals surface area contributed by atoms with Gasteiger partial charge in [0, 0.05) is 19.3 Å². The van der Waals surface area contributed by atoms with Crippen LogP contribution in [0.15, 0.2) is 24.7 Å². The van der Waals surface area contributed by atoms with Gasteiger partial charge >= 0.3 is 0 Å². The normalized spacial score (nSPS) is 14.3. The van der Waals surface area contributed by atoms with Gasteiger partial charge in [0.05, 0.1) is 12.1 Å². The number of nitrogens with zero attached hydrogens (tertiary/aromatic N) is 5. The van der Waals surface area contributed by atoms with Crippen LogP contribution in [-0.4, -0.2) is 37.1 Å². The summed E-state index contributed by atoms with van der Waals surface area (Å²) in [6.45, 7) is 1.84. The SMILES string of the molecule is Nc1ccc(C(=O)N2CCn3cnnc3C2)cn1. The zero-order valence-electron chi connectivity index (χ0n) is 9.65. The number of anilines is 1. The van der Waals surface area contributed by atoms with Crippen molar-refractivity contribution in [3.63, 3.8) is 0 Å². The largest absolute Gasteiger partial charge is 0.384 e. The molecule has 7 nitrogen and oxygen atoms in total. The number of aromatic nitrogens is 4. The number of carbonyl (C=O) groups excluding carboxylic acids is 1. The highest BCUT2D eigenvalue weighted by Crippen LogP contribution is 2.13. The number of amides is 1. The molecule has 18 heavy (non-hydrogen) atoms. The van der Waals surface area contributed by atoms with E-state index in [4.69, 9.17) is 5.73 Å². The van der Waals surface area contributed by atoms with Crippen molar-refractivity contribution < 1.29 is 4.79 Å². The summed E-state index contributed by atoms with van der Waals surface area (Å²) in [6.07, 6.45) is 3.18. The Hall–Kier alpha value is -2.44. The van der Waals surface area contributed by atoms with Crippen molar-refractivity contribution in [1.82, 2.24) is 24.6 Å². The van der Waals surface area contributed by atoms with Crippen LogP contribution in [0.4, 0.5) is 5.82 Å². The van der Waals surface area contributed by atoms with E-state index >= 15 is 0 Å². The Kier molecular flexibility index (Phi) is 2.44. The van der Waals surface area contributed by atoms with Crippen molar-refractivity contribution in [3.8, 4) is 0 Å². The lowest BCUT2D eigenvalue weighted by atomic mass is 10.2. The van der Waals surface area contributed by atoms with Gasteiger partial charge in [-0.2, -0.15) is 0 Å². The quantitative estimate of drug-likeness (QED) is 0.757. The fourth-order valence-corrected chi connectivity index (χ4v) is 1.95. The Morgan fingerprint density at radius 1 is 1.33 bits per heavy atom. The molecule has 2 aromatic rings. The Balaban J connectivity index is 1.80. The van der Waals surface area contributed by atoms with Gasteiger partial charge in [-0.15, -0.1) is 10.2 Å². The number of pyridine rings is 1. The second kappa shape index (κ2) is 4.10. The third-order valence-electron chi connectivity index (χ3n) is 2.96. The van der Waals surface area contributed by atoms with Crippen molar-refractivity contribution in [2.45, 2.75) is 13.1 Å². The third kappa shape index (κ3) is 1.79. The Bertz CT molecular complexity index is 575. The van der Waals surface area contributed by atoms with Crippen molar-refractivity contribution in [2.24, 2.45) is 0 Å². The second-order valence-electron chi connectivity index (χ2n) is 4.14. The maximum atomic E-state index is 12.2. The van der Waals surface area contributed by atoms with Crippen molar-refractivity contribution in [1.29, 1.82) is 0 Å². The standard InChI is InChI=1S/C11H12N6O/c12-9-2-1-8(5-13-9)11(18)16-3-4-17-7-14-15-10(17)6-16/h1-2,5,7H,3-4,6H2,(H2,12,13). The number of hydrogen-bond acceptors (Lipinski definition) is 5. The number of hydrogen-bond donors (Lipinski definition) is 1. The van der Waals surface area contributed by atoms with E-state index in [9.17, 15) is 4.79 Å². The molecule has 0 fully saturated rings. The molecule has 0 saturated carbocycles. The number of fused-ring (bicyclic) bond motifs is 1. The summed E-state index contributed by atoms with van der Waals surface area (Å²) in [5.74, 6) is 1.15. The Morgan fingerprint density at radius 2 is 2.22 bits per heavy atom. The smallest absolute Gasteiger partial charge is 0.255 e. The van der Waals surface area contributed by atoms with Crippen LogP contribution >= 0.6 is 0 Å². The van der Waals surface area contributed by atoms with Crippen LogP contribution in [0.3, 0.4) is 0 Å². The van der Waals surface area contributed by atoms with Crippen LogP contribution in [-0.2, 0) is 13.1 Å². The zero-order chi connectivity index (χ0) is 12.5. The Morgan fingerprint density at radius 3 is 3.00 bits per heavy atom. The second-order valence-corrected chi connectivity index (χ2v) is 4.14. The molecule has 2 aromatic heterocycles. The molecule has 2 N–H and O–H groups in total. The monoisotopic (exact) mass is 244 g/mol. The number of nitrogens with two attached hydrogens (primary N) is 1. The third-order valence-corrected chi connectivity index (χ3v) is 2.96. The molecule has 92 valence electrons. The number of rotatable bonds is 1. The van der Waals surface area contributed by atoms with Gasteiger partial charge in [-0.25, -0.2) is 4.98 Å². The van der Waals surface area contributed by atoms with Crippen LogP contribution in [0, 0.1) is 0 Å². The molecular weight excluding hydrogens is 232 g/mol. The highest BCUT2D eigenvalue weighted by atomic mass is 16.2. The highest BCUT2D eigenvalue weighted by Gasteiger charge is 2.22. The first-order valence-electron chi connectivity index (χ1n) is 5.61. The van der Waals surface area contributed by atoms with Crippen molar-refractivity contribution >= 4 is 11.7 Å². The lowest BCUT2D eigenvalue weighted by molar-refractivity contribution is 0.0707. The summed E-state index contributed by atoms with van der Waals surface area (Å²) in [5, 5.41) is 7.81. The van der Waals surface area contributed by atoms with E-state index < -0.39 is 0 Å². The number of carbonyl (C=O) groups is 1. The molecule has 3 heterocycles. The first-order valence-corrected chi connectivity index (χ1v) is 5.61. The molecule has 0 aromatic carbocycles. The van der Waals surface area contributed by atoms with Gasteiger partial charge in [-0.1, -0.05) is 0 Å². The van der Waals surface area contributed by atoms with E-state index in [1.807, 2.05) is 4.57 Å². The van der Waals surface area contributed by atoms with Crippen molar-refractivity contribution in [2.75, 3.05) is 12.3 Å². The molecule has 0 radical (unpaired) electrons. The molecular formula is C11H12N6O. The van der Waals surface area contributed by atoms with Gasteiger partial charge in [-0.05, 0) is 12.1 Å². The van der Waals surface area contributed by atoms with Gasteiger partial charge in [0.15, 0.2) is 5.82 Å². The first-order chi connectivity index (χ1) is 8.74. The molecule has 0 aliphatic carbocycles. The minimum Gasteiger partial charge on any atom is -0.384 e. The first kappa shape index (κ1) is 10.7. The van der Waals surface area contributed by atoms with E-state index in [2.05, 4.69) is 15.2 Å². The summed E-state index contributed by atoms with van der Waals surface area (Å²) < 4.78 is 1.95. The lowest BCUT2D eigenvalue weighted by Gasteiger charge is -2.26. The van der Waals surface area contributed by atoms with Gasteiger partial charge in [0.25, 0.3) is 5.91 Å². The fraction of sp³-hybridized carbons (Fsp3) is 0.273. The van der Waals surface area contributed by atoms with E-state index in [0.717, 1.165) is 12.4 Å². The molecule has 7 heteroatoms. The van der Waals surface area contributed by atoms with Crippen LogP contribution in [0.25, 0.3) is 0 Å². The minimum atomic E-state index is -0.0586. The molecule has 0 atom stereocenters. The lowest BCUT2D eigenvalue weighted by Crippen LogP contribution is -2.38. The predicted octanol–water partition coefficient (Wildman–Crippen LogP) is -0.0887. The average Bonchev–Trinajstić information content (AvgIpc) is 2.86. The van der Waals surface area contributed by atoms with Crippen LogP contribution in [0.5, 0.6) is 0 Å². The van der Waals surface area contributed by atoms with Crippen LogP contribution < -0.4 is 5.73 Å². The van der Waals surface area contributed by atoms with Gasteiger partial charge in [-0.3, -0.25) is 4.79 Å². The fourth-order valence-electron chi connectivity index (χ4n) is 1.95. The molecule has 0 bridgehead atoms. The minimum absolute atomic E-state index is 0.0586. The van der Waals surface area contributed by atoms with E-state index in [1.54, 1.807) is 23.4 Å². The van der Waals surface area contributed by atoms with E-state index in [-0.39, 0.29) is 5.91 Å². The van der Waals surface area contributed by atoms with Gasteiger partial charge < -0.3 is 15.2 Å². The molecule has 3 rings (SSSR count). The Labute approximate surface area is 103 Å². The van der Waals surface area contributed by atoms with Crippen LogP contribution in [0.1, 0.15) is 16.2 Å². The van der Waals surface area contributed by atoms with E-state index in [1.165, 1.54) is 6.20 Å². The maximum Gasteiger partial charge on any atom is 0.255 e. The summed E-state index contributed by atoms with van der Waals surface area (Å²) in [6, 6.07) is 3.31. The number of nitrogen functional groups attached to an aromatic ring is 1. The summed E-state index contributed by atoms with van der Waals surface area (Å²) in [7, 11) is 0. The summed E-state index contributed by atoms with van der Waals surface area (Å²) >= 11 is 0. The average molecular weight is 244 g/mol. The highest BCUT2D eigenvalue weighted by molar-refractivity contribution is 5.94. The molecule has 1 aliphatic heterocycles. The van der Waals surface area contributed by atoms with Gasteiger partial charge in [0.1, 0.15) is 12.1 Å². The van der Waals surface area contributed by atoms with Crippen LogP contribution in [0.2, 0.25) is 0 Å². The summed E-state index contributed by atoms with van der Waals surface area (Å²) in [5.41, 5.74) is 6.04. The molecule has 0 saturated heterocycles. The predicted molar refractivity (Wildman–Crippen MR) is 63.4 cm³/mol. The topological polar surface area (TPSA) is 89.9 Å². The molecule has 1 aliphatic rings. The zero-order valence-corrected chi connectivity index (χ0v) is 9.65. The van der Waals surface area contributed by atoms with Crippen molar-refractivity contribution in [3.05, 3.63) is 36.0 Å². The maximum absolute atomic E-state index is 12.2. The van der Waals surface area contributed by atoms with Gasteiger partial charge in [0.2, 0.25) is 0 Å². The molecule has 0 unspecified atom stereocenters. The molecule has 1 amide bonds. The van der Waals surface area contributed by atoms with E-state index in [0.29, 0.717) is 24.5 Å².